The van der Waals surface area contributed by atoms with E-state index in [1.165, 1.54) is 0 Å². The first kappa shape index (κ1) is 16.2. The molecule has 1 atom stereocenters. The summed E-state index contributed by atoms with van der Waals surface area (Å²) in [6.45, 7) is 9.26. The Morgan fingerprint density at radius 3 is 2.79 bits per heavy atom. The van der Waals surface area contributed by atoms with Crippen molar-refractivity contribution in [3.63, 3.8) is 0 Å². The molecule has 4 heteroatoms. The average molecular weight is 320 g/mol. The monoisotopic (exact) mass is 320 g/mol. The van der Waals surface area contributed by atoms with Gasteiger partial charge in [-0.15, -0.1) is 0 Å². The van der Waals surface area contributed by atoms with Gasteiger partial charge >= 0.3 is 0 Å². The first-order chi connectivity index (χ1) is 11.7. The van der Waals surface area contributed by atoms with Gasteiger partial charge in [-0.3, -0.25) is 0 Å². The van der Waals surface area contributed by atoms with Crippen molar-refractivity contribution >= 4 is 22.7 Å². The Labute approximate surface area is 143 Å². The average Bonchev–Trinajstić information content (AvgIpc) is 2.58. The molecule has 1 aromatic heterocycles. The van der Waals surface area contributed by atoms with Crippen molar-refractivity contribution in [2.24, 2.45) is 5.92 Å². The summed E-state index contributed by atoms with van der Waals surface area (Å²) in [5.74, 6) is 1.82. The fourth-order valence-electron chi connectivity index (χ4n) is 2.64. The molecule has 0 aliphatic heterocycles. The van der Waals surface area contributed by atoms with Gasteiger partial charge in [0.1, 0.15) is 5.82 Å². The largest absolute Gasteiger partial charge is 0.369 e. The van der Waals surface area contributed by atoms with E-state index in [9.17, 15) is 0 Å². The van der Waals surface area contributed by atoms with Crippen LogP contribution in [0.5, 0.6) is 0 Å². The lowest BCUT2D eigenvalue weighted by molar-refractivity contribution is 0.831. The van der Waals surface area contributed by atoms with Crippen molar-refractivity contribution < 1.29 is 0 Å². The summed E-state index contributed by atoms with van der Waals surface area (Å²) in [4.78, 5) is 9.32. The van der Waals surface area contributed by atoms with Crippen LogP contribution in [0.2, 0.25) is 0 Å². The van der Waals surface area contributed by atoms with E-state index in [4.69, 9.17) is 0 Å². The van der Waals surface area contributed by atoms with Crippen molar-refractivity contribution in [3.05, 3.63) is 60.3 Å². The minimum atomic E-state index is 0.320. The van der Waals surface area contributed by atoms with Crippen LogP contribution in [0.25, 0.3) is 10.9 Å². The third kappa shape index (κ3) is 3.65. The Morgan fingerprint density at radius 2 is 2.00 bits per heavy atom. The summed E-state index contributed by atoms with van der Waals surface area (Å²) in [6, 6.07) is 8.09. The number of rotatable bonds is 6. The minimum Gasteiger partial charge on any atom is -0.369 e. The molecule has 0 saturated heterocycles. The van der Waals surface area contributed by atoms with E-state index in [1.54, 1.807) is 0 Å². The van der Waals surface area contributed by atoms with Gasteiger partial charge in [-0.25, -0.2) is 4.98 Å². The summed E-state index contributed by atoms with van der Waals surface area (Å²) in [5.41, 5.74) is 3.05. The van der Waals surface area contributed by atoms with E-state index >= 15 is 0 Å². The molecule has 24 heavy (non-hydrogen) atoms. The maximum atomic E-state index is 4.68. The van der Waals surface area contributed by atoms with E-state index in [0.717, 1.165) is 47.4 Å². The van der Waals surface area contributed by atoms with Gasteiger partial charge < -0.3 is 10.6 Å². The van der Waals surface area contributed by atoms with Crippen LogP contribution >= 0.6 is 0 Å². The van der Waals surface area contributed by atoms with Crippen molar-refractivity contribution in [2.45, 2.75) is 26.7 Å². The Morgan fingerprint density at radius 1 is 1.17 bits per heavy atom. The zero-order valence-corrected chi connectivity index (χ0v) is 14.3. The smallest absolute Gasteiger partial charge is 0.229 e. The molecule has 124 valence electrons. The Kier molecular flexibility index (Phi) is 4.94. The first-order valence-corrected chi connectivity index (χ1v) is 8.53. The highest BCUT2D eigenvalue weighted by Crippen LogP contribution is 2.24. The Hall–Kier alpha value is -2.62. The van der Waals surface area contributed by atoms with Gasteiger partial charge in [-0.1, -0.05) is 51.1 Å². The molecular formula is C20H24N4. The molecular weight excluding hydrogens is 296 g/mol. The zero-order valence-electron chi connectivity index (χ0n) is 14.3. The molecule has 0 bridgehead atoms. The molecule has 1 aliphatic rings. The normalized spacial score (nSPS) is 17.0. The fraction of sp³-hybridized carbons (Fsp3) is 0.300. The highest BCUT2D eigenvalue weighted by atomic mass is 15.1. The number of aromatic nitrogens is 2. The number of anilines is 2. The molecule has 0 fully saturated rings. The molecule has 1 aromatic carbocycles. The Bertz CT molecular complexity index is 804. The molecule has 1 unspecified atom stereocenters. The van der Waals surface area contributed by atoms with Gasteiger partial charge in [0.2, 0.25) is 5.95 Å². The van der Waals surface area contributed by atoms with Crippen LogP contribution in [-0.4, -0.2) is 16.5 Å². The van der Waals surface area contributed by atoms with Crippen LogP contribution in [0.1, 0.15) is 26.7 Å². The van der Waals surface area contributed by atoms with Crippen LogP contribution in [0, 0.1) is 5.92 Å². The number of hydrogen-bond acceptors (Lipinski definition) is 4. The molecule has 0 radical (unpaired) electrons. The second-order valence-corrected chi connectivity index (χ2v) is 6.14. The zero-order chi connectivity index (χ0) is 16.9. The van der Waals surface area contributed by atoms with Gasteiger partial charge in [-0.05, 0) is 30.2 Å². The SMILES string of the molecule is C=C1C=CC(Nc2nc(NCCCC)c3ccccc3n2)=CC1C. The lowest BCUT2D eigenvalue weighted by Crippen LogP contribution is -2.10. The maximum absolute atomic E-state index is 4.68. The van der Waals surface area contributed by atoms with Gasteiger partial charge in [0.15, 0.2) is 0 Å². The lowest BCUT2D eigenvalue weighted by Gasteiger charge is -2.16. The highest BCUT2D eigenvalue weighted by molar-refractivity contribution is 5.90. The van der Waals surface area contributed by atoms with E-state index in [0.29, 0.717) is 11.9 Å². The number of hydrogen-bond donors (Lipinski definition) is 2. The number of unbranched alkanes of at least 4 members (excludes halogenated alkanes) is 1. The second-order valence-electron chi connectivity index (χ2n) is 6.14. The van der Waals surface area contributed by atoms with Gasteiger partial charge in [0, 0.05) is 23.5 Å². The number of nitrogens with one attached hydrogen (secondary N) is 2. The number of benzene rings is 1. The molecule has 1 aliphatic carbocycles. The van der Waals surface area contributed by atoms with Crippen LogP contribution < -0.4 is 10.6 Å². The molecule has 2 N–H and O–H groups in total. The third-order valence-corrected chi connectivity index (χ3v) is 4.17. The minimum absolute atomic E-state index is 0.320. The molecule has 1 heterocycles. The predicted molar refractivity (Wildman–Crippen MR) is 102 cm³/mol. The van der Waals surface area contributed by atoms with Crippen LogP contribution in [0.15, 0.2) is 60.3 Å². The van der Waals surface area contributed by atoms with Crippen LogP contribution in [0.3, 0.4) is 0 Å². The summed E-state index contributed by atoms with van der Waals surface area (Å²) >= 11 is 0. The molecule has 3 rings (SSSR count). The molecule has 0 amide bonds. The van der Waals surface area contributed by atoms with E-state index in [-0.39, 0.29) is 0 Å². The number of nitrogens with zero attached hydrogens (tertiary/aromatic N) is 2. The number of fused-ring (bicyclic) bond motifs is 1. The molecule has 0 spiro atoms. The standard InChI is InChI=1S/C20H24N4/c1-4-5-12-21-19-17-8-6-7-9-18(17)23-20(24-19)22-16-11-10-14(2)15(3)13-16/h6-11,13,15H,2,4-5,12H2,1,3H3,(H2,21,22,23,24). The van der Waals surface area contributed by atoms with Gasteiger partial charge in [0.05, 0.1) is 5.52 Å². The fourth-order valence-corrected chi connectivity index (χ4v) is 2.64. The third-order valence-electron chi connectivity index (χ3n) is 4.17. The van der Waals surface area contributed by atoms with Crippen molar-refractivity contribution in [1.29, 1.82) is 0 Å². The predicted octanol–water partition coefficient (Wildman–Crippen LogP) is 4.90. The summed E-state index contributed by atoms with van der Waals surface area (Å²) in [7, 11) is 0. The van der Waals surface area contributed by atoms with Gasteiger partial charge in [-0.2, -0.15) is 4.98 Å². The topological polar surface area (TPSA) is 49.8 Å². The Balaban J connectivity index is 1.89. The van der Waals surface area contributed by atoms with Crippen LogP contribution in [0.4, 0.5) is 11.8 Å². The number of para-hydroxylation sites is 1. The van der Waals surface area contributed by atoms with E-state index in [1.807, 2.05) is 30.4 Å². The lowest BCUT2D eigenvalue weighted by atomic mass is 9.97. The first-order valence-electron chi connectivity index (χ1n) is 8.53. The van der Waals surface area contributed by atoms with E-state index in [2.05, 4.69) is 53.2 Å². The van der Waals surface area contributed by atoms with Crippen LogP contribution in [-0.2, 0) is 0 Å². The maximum Gasteiger partial charge on any atom is 0.229 e. The molecule has 0 saturated carbocycles. The van der Waals surface area contributed by atoms with E-state index < -0.39 is 0 Å². The summed E-state index contributed by atoms with van der Waals surface area (Å²) in [6.07, 6.45) is 8.47. The molecule has 4 nitrogen and oxygen atoms in total. The summed E-state index contributed by atoms with van der Waals surface area (Å²) < 4.78 is 0. The van der Waals surface area contributed by atoms with Crippen molar-refractivity contribution in [3.8, 4) is 0 Å². The highest BCUT2D eigenvalue weighted by Gasteiger charge is 2.11. The molecule has 2 aromatic rings. The van der Waals surface area contributed by atoms with Crippen molar-refractivity contribution in [1.82, 2.24) is 9.97 Å². The number of allylic oxidation sites excluding steroid dienone is 4. The second kappa shape index (κ2) is 7.30. The summed E-state index contributed by atoms with van der Waals surface area (Å²) in [5, 5.41) is 7.82. The quantitative estimate of drug-likeness (QED) is 0.743. The van der Waals surface area contributed by atoms with Crippen molar-refractivity contribution in [2.75, 3.05) is 17.2 Å². The van der Waals surface area contributed by atoms with Gasteiger partial charge in [0.25, 0.3) is 0 Å².